The highest BCUT2D eigenvalue weighted by Crippen LogP contribution is 2.16. The molecule has 1 aromatic carbocycles. The van der Waals surface area contributed by atoms with Crippen molar-refractivity contribution >= 4 is 40.9 Å². The summed E-state index contributed by atoms with van der Waals surface area (Å²) in [4.78, 5) is 46.2. The van der Waals surface area contributed by atoms with Gasteiger partial charge in [-0.1, -0.05) is 19.2 Å². The summed E-state index contributed by atoms with van der Waals surface area (Å²) in [6, 6.07) is 6.57. The predicted molar refractivity (Wildman–Crippen MR) is 143 cm³/mol. The van der Waals surface area contributed by atoms with Gasteiger partial charge < -0.3 is 31.7 Å². The van der Waals surface area contributed by atoms with E-state index in [-0.39, 0.29) is 23.3 Å². The second-order valence-electron chi connectivity index (χ2n) is 8.24. The molecule has 0 saturated carbocycles. The number of nitrogens with two attached hydrogens (primary N) is 3. The van der Waals surface area contributed by atoms with E-state index in [0.717, 1.165) is 32.4 Å². The molecule has 0 radical (unpaired) electrons. The summed E-state index contributed by atoms with van der Waals surface area (Å²) in [6.07, 6.45) is 4.48. The van der Waals surface area contributed by atoms with Crippen LogP contribution in [0.5, 0.6) is 0 Å². The normalized spacial score (nSPS) is 16.2. The zero-order valence-corrected chi connectivity index (χ0v) is 20.8. The molecule has 0 atom stereocenters. The fraction of sp³-hybridized carbons (Fsp3) is 0.360. The van der Waals surface area contributed by atoms with Crippen molar-refractivity contribution in [2.45, 2.75) is 19.3 Å². The molecule has 12 heteroatoms. The topological polar surface area (TPSA) is 194 Å². The molecule has 12 nitrogen and oxygen atoms in total. The van der Waals surface area contributed by atoms with Crippen LogP contribution in [0, 0.1) is 5.41 Å². The fourth-order valence-electron chi connectivity index (χ4n) is 3.40. The highest BCUT2D eigenvalue weighted by Gasteiger charge is 2.19. The molecule has 7 N–H and O–H groups in total. The van der Waals surface area contributed by atoms with Gasteiger partial charge in [-0.05, 0) is 43.5 Å². The first-order valence-corrected chi connectivity index (χ1v) is 11.8. The van der Waals surface area contributed by atoms with Gasteiger partial charge in [0, 0.05) is 37.3 Å². The molecule has 198 valence electrons. The molecular formula is C25H34N8O4. The lowest BCUT2D eigenvalue weighted by Crippen LogP contribution is -2.42. The van der Waals surface area contributed by atoms with Crippen molar-refractivity contribution in [1.29, 1.82) is 5.41 Å². The average Bonchev–Trinajstić information content (AvgIpc) is 2.92. The van der Waals surface area contributed by atoms with Gasteiger partial charge in [-0.3, -0.25) is 19.8 Å². The van der Waals surface area contributed by atoms with Gasteiger partial charge in [0.15, 0.2) is 17.5 Å². The maximum atomic E-state index is 12.5. The molecule has 2 saturated heterocycles. The first-order chi connectivity index (χ1) is 17.6. The molecule has 0 spiro atoms. The number of nitrogens with one attached hydrogen (secondary N) is 1. The van der Waals surface area contributed by atoms with E-state index in [1.165, 1.54) is 6.08 Å². The Morgan fingerprint density at radius 1 is 0.919 bits per heavy atom. The number of benzene rings is 1. The Hall–Kier alpha value is -4.32. The van der Waals surface area contributed by atoms with Crippen LogP contribution in [0.2, 0.25) is 0 Å². The number of hydrogen-bond acceptors (Lipinski definition) is 6. The van der Waals surface area contributed by atoms with Gasteiger partial charge in [-0.25, -0.2) is 4.99 Å². The molecular weight excluding hydrogens is 476 g/mol. The molecule has 3 amide bonds. The highest BCUT2D eigenvalue weighted by atomic mass is 16.5. The fourth-order valence-corrected chi connectivity index (χ4v) is 3.40. The molecule has 3 rings (SSSR count). The highest BCUT2D eigenvalue weighted by molar-refractivity contribution is 6.66. The maximum absolute atomic E-state index is 12.5. The largest absolute Gasteiger partial charge is 0.378 e. The monoisotopic (exact) mass is 510 g/mol. The first kappa shape index (κ1) is 28.9. The molecule has 0 unspecified atom stereocenters. The van der Waals surface area contributed by atoms with Crippen LogP contribution in [0.25, 0.3) is 0 Å². The Balaban J connectivity index is 0.000000604. The number of amides is 3. The number of primary amides is 2. The number of likely N-dealkylation sites (tertiary alicyclic amines) is 1. The van der Waals surface area contributed by atoms with Crippen LogP contribution in [0.1, 0.15) is 29.6 Å². The van der Waals surface area contributed by atoms with E-state index < -0.39 is 17.5 Å². The first-order valence-electron chi connectivity index (χ1n) is 11.8. The van der Waals surface area contributed by atoms with Crippen molar-refractivity contribution < 1.29 is 19.1 Å². The SMILES string of the molecule is C=CC(=C)C(N)=O.N=C(C(N)=O)C(=Nc1ccc(C(=O)N2CCOCC2)cc1)N=C(N)N1CCCCC1. The Labute approximate surface area is 216 Å². The van der Waals surface area contributed by atoms with Crippen LogP contribution in [0.4, 0.5) is 5.69 Å². The summed E-state index contributed by atoms with van der Waals surface area (Å²) in [6.45, 7) is 10.3. The molecule has 2 heterocycles. The van der Waals surface area contributed by atoms with Crippen molar-refractivity contribution in [1.82, 2.24) is 9.80 Å². The minimum atomic E-state index is -0.942. The van der Waals surface area contributed by atoms with E-state index >= 15 is 0 Å². The molecule has 0 aromatic heterocycles. The van der Waals surface area contributed by atoms with Crippen molar-refractivity contribution in [2.75, 3.05) is 39.4 Å². The van der Waals surface area contributed by atoms with E-state index in [0.29, 0.717) is 37.6 Å². The van der Waals surface area contributed by atoms with Crippen molar-refractivity contribution in [3.05, 3.63) is 54.6 Å². The number of guanidine groups is 1. The van der Waals surface area contributed by atoms with Crippen molar-refractivity contribution in [2.24, 2.45) is 27.2 Å². The van der Waals surface area contributed by atoms with Gasteiger partial charge in [0.2, 0.25) is 5.91 Å². The number of amidine groups is 1. The summed E-state index contributed by atoms with van der Waals surface area (Å²) in [5.74, 6) is -1.49. The summed E-state index contributed by atoms with van der Waals surface area (Å²) >= 11 is 0. The third kappa shape index (κ3) is 9.00. The number of nitrogens with zero attached hydrogens (tertiary/aromatic N) is 4. The number of hydrogen-bond donors (Lipinski definition) is 4. The molecule has 37 heavy (non-hydrogen) atoms. The molecule has 2 aliphatic rings. The Morgan fingerprint density at radius 2 is 1.51 bits per heavy atom. The lowest BCUT2D eigenvalue weighted by Gasteiger charge is -2.27. The van der Waals surface area contributed by atoms with Gasteiger partial charge in [0.05, 0.1) is 18.9 Å². The number of carbonyl (C=O) groups is 3. The Kier molecular flexibility index (Phi) is 11.2. The lowest BCUT2D eigenvalue weighted by molar-refractivity contribution is -0.114. The molecule has 2 aliphatic heterocycles. The van der Waals surface area contributed by atoms with Crippen LogP contribution >= 0.6 is 0 Å². The van der Waals surface area contributed by atoms with Crippen molar-refractivity contribution in [3.8, 4) is 0 Å². The molecule has 0 aliphatic carbocycles. The van der Waals surface area contributed by atoms with Gasteiger partial charge in [0.25, 0.3) is 11.8 Å². The van der Waals surface area contributed by atoms with Gasteiger partial charge in [0.1, 0.15) is 0 Å². The van der Waals surface area contributed by atoms with Crippen LogP contribution in [-0.4, -0.2) is 84.4 Å². The quantitative estimate of drug-likeness (QED) is 0.188. The van der Waals surface area contributed by atoms with Crippen LogP contribution in [0.15, 0.2) is 59.1 Å². The zero-order valence-electron chi connectivity index (χ0n) is 20.8. The number of aliphatic imine (C=N–C) groups is 2. The van der Waals surface area contributed by atoms with Crippen LogP contribution in [-0.2, 0) is 14.3 Å². The molecule has 2 fully saturated rings. The van der Waals surface area contributed by atoms with Gasteiger partial charge in [-0.2, -0.15) is 4.99 Å². The number of morpholine rings is 1. The lowest BCUT2D eigenvalue weighted by atomic mass is 10.1. The predicted octanol–water partition coefficient (Wildman–Crippen LogP) is 0.709. The standard InChI is InChI=1S/C20H27N7O3.C5H7NO/c21-16(17(22)28)18(25-20(23)27-8-2-1-3-9-27)24-15-6-4-14(5-7-15)19(29)26-10-12-30-13-11-26;1-3-4(2)5(6)7/h4-7,21H,1-3,8-13H2,(H2,22,28)(H2,23,24,25);3H,1-2H2,(H2,6,7). The smallest absolute Gasteiger partial charge is 0.270 e. The van der Waals surface area contributed by atoms with E-state index in [4.69, 9.17) is 27.3 Å². The zero-order chi connectivity index (χ0) is 27.4. The van der Waals surface area contributed by atoms with Gasteiger partial charge >= 0.3 is 0 Å². The number of rotatable bonds is 6. The summed E-state index contributed by atoms with van der Waals surface area (Å²) < 4.78 is 5.27. The third-order valence-electron chi connectivity index (χ3n) is 5.58. The van der Waals surface area contributed by atoms with E-state index in [9.17, 15) is 14.4 Å². The van der Waals surface area contributed by atoms with E-state index in [2.05, 4.69) is 23.1 Å². The van der Waals surface area contributed by atoms with Crippen LogP contribution < -0.4 is 17.2 Å². The second-order valence-corrected chi connectivity index (χ2v) is 8.24. The second kappa shape index (κ2) is 14.3. The van der Waals surface area contributed by atoms with Crippen molar-refractivity contribution in [3.63, 3.8) is 0 Å². The Morgan fingerprint density at radius 3 is 2.00 bits per heavy atom. The number of carbonyl (C=O) groups excluding carboxylic acids is 3. The molecule has 0 bridgehead atoms. The minimum Gasteiger partial charge on any atom is -0.378 e. The van der Waals surface area contributed by atoms with E-state index in [1.807, 2.05) is 4.90 Å². The molecule has 1 aromatic rings. The third-order valence-corrected chi connectivity index (χ3v) is 5.58. The minimum absolute atomic E-state index is 0.0775. The Bertz CT molecular complexity index is 1080. The summed E-state index contributed by atoms with van der Waals surface area (Å²) in [5.41, 5.74) is 16.8. The average molecular weight is 511 g/mol. The number of ether oxygens (including phenoxy) is 1. The summed E-state index contributed by atoms with van der Waals surface area (Å²) in [7, 11) is 0. The summed E-state index contributed by atoms with van der Waals surface area (Å²) in [5, 5.41) is 7.94. The number of piperidine rings is 1. The van der Waals surface area contributed by atoms with Crippen LogP contribution in [0.3, 0.4) is 0 Å². The van der Waals surface area contributed by atoms with E-state index in [1.54, 1.807) is 29.2 Å². The van der Waals surface area contributed by atoms with Gasteiger partial charge in [-0.15, -0.1) is 0 Å². The maximum Gasteiger partial charge on any atom is 0.270 e.